The highest BCUT2D eigenvalue weighted by Crippen LogP contribution is 2.48. The highest BCUT2D eigenvalue weighted by molar-refractivity contribution is 9.11. The third-order valence-electron chi connectivity index (χ3n) is 5.46. The summed E-state index contributed by atoms with van der Waals surface area (Å²) < 4.78 is 6.75. The Kier molecular flexibility index (Phi) is 3.49. The van der Waals surface area contributed by atoms with Gasteiger partial charge in [-0.1, -0.05) is 41.4 Å². The number of allylic oxidation sites excluding steroid dienone is 2. The minimum Gasteiger partial charge on any atom is -0.376 e. The fraction of sp³-hybridized carbons (Fsp3) is 0.350. The Morgan fingerprint density at radius 3 is 2.88 bits per heavy atom. The SMILES string of the molecule is CO[C@@H]1CC2=C(C=C1Br)Cc1c([nH]c3cc(C#N)ccc13)C2(C)C. The van der Waals surface area contributed by atoms with E-state index in [-0.39, 0.29) is 11.5 Å². The number of rotatable bonds is 1. The van der Waals surface area contributed by atoms with Crippen LogP contribution in [-0.4, -0.2) is 18.2 Å². The zero-order valence-electron chi connectivity index (χ0n) is 14.0. The maximum Gasteiger partial charge on any atom is 0.0992 e. The highest BCUT2D eigenvalue weighted by atomic mass is 79.9. The zero-order valence-corrected chi connectivity index (χ0v) is 15.6. The predicted octanol–water partition coefficient (Wildman–Crippen LogP) is 4.87. The lowest BCUT2D eigenvalue weighted by atomic mass is 9.68. The van der Waals surface area contributed by atoms with Crippen molar-refractivity contribution in [2.75, 3.05) is 7.11 Å². The number of nitriles is 1. The first kappa shape index (κ1) is 15.7. The van der Waals surface area contributed by atoms with Gasteiger partial charge >= 0.3 is 0 Å². The van der Waals surface area contributed by atoms with Crippen LogP contribution in [-0.2, 0) is 16.6 Å². The lowest BCUT2D eigenvalue weighted by Gasteiger charge is -2.38. The van der Waals surface area contributed by atoms with Gasteiger partial charge in [0.05, 0.1) is 17.7 Å². The van der Waals surface area contributed by atoms with Crippen LogP contribution in [0.4, 0.5) is 0 Å². The number of nitrogens with one attached hydrogen (secondary N) is 1. The fourth-order valence-electron chi connectivity index (χ4n) is 4.15. The molecule has 122 valence electrons. The first-order valence-corrected chi connectivity index (χ1v) is 8.92. The molecule has 1 heterocycles. The van der Waals surface area contributed by atoms with Gasteiger partial charge in [-0.25, -0.2) is 0 Å². The second-order valence-electron chi connectivity index (χ2n) is 7.11. The third kappa shape index (κ3) is 2.12. The quantitative estimate of drug-likeness (QED) is 0.764. The summed E-state index contributed by atoms with van der Waals surface area (Å²) in [6, 6.07) is 8.15. The average molecular weight is 383 g/mol. The molecule has 0 radical (unpaired) electrons. The van der Waals surface area contributed by atoms with Crippen molar-refractivity contribution in [3.8, 4) is 6.07 Å². The summed E-state index contributed by atoms with van der Waals surface area (Å²) in [6.45, 7) is 4.56. The van der Waals surface area contributed by atoms with Crippen LogP contribution in [0, 0.1) is 11.3 Å². The number of nitrogens with zero attached hydrogens (tertiary/aromatic N) is 1. The molecular weight excluding hydrogens is 364 g/mol. The molecule has 0 fully saturated rings. The second-order valence-corrected chi connectivity index (χ2v) is 8.03. The van der Waals surface area contributed by atoms with Gasteiger partial charge in [-0.2, -0.15) is 5.26 Å². The van der Waals surface area contributed by atoms with E-state index in [9.17, 15) is 0 Å². The minimum absolute atomic E-state index is 0.0737. The molecule has 0 bridgehead atoms. The number of H-pyrrole nitrogens is 1. The van der Waals surface area contributed by atoms with E-state index in [0.29, 0.717) is 5.56 Å². The Morgan fingerprint density at radius 1 is 1.38 bits per heavy atom. The second kappa shape index (κ2) is 5.34. The molecule has 0 saturated carbocycles. The van der Waals surface area contributed by atoms with Gasteiger partial charge in [0.1, 0.15) is 0 Å². The molecule has 4 heteroatoms. The molecule has 0 unspecified atom stereocenters. The fourth-order valence-corrected chi connectivity index (χ4v) is 4.78. The third-order valence-corrected chi connectivity index (χ3v) is 6.20. The van der Waals surface area contributed by atoms with Crippen LogP contribution >= 0.6 is 15.9 Å². The average Bonchev–Trinajstić information content (AvgIpc) is 2.93. The van der Waals surface area contributed by atoms with Gasteiger partial charge in [0, 0.05) is 40.0 Å². The van der Waals surface area contributed by atoms with E-state index in [1.807, 2.05) is 12.1 Å². The van der Waals surface area contributed by atoms with Crippen molar-refractivity contribution in [2.24, 2.45) is 0 Å². The van der Waals surface area contributed by atoms with Gasteiger partial charge in [-0.05, 0) is 35.8 Å². The van der Waals surface area contributed by atoms with Gasteiger partial charge in [0.15, 0.2) is 0 Å². The molecule has 4 rings (SSSR count). The van der Waals surface area contributed by atoms with Crippen molar-refractivity contribution >= 4 is 26.8 Å². The Hall–Kier alpha value is -1.83. The van der Waals surface area contributed by atoms with Crippen LogP contribution in [0.5, 0.6) is 0 Å². The van der Waals surface area contributed by atoms with Crippen molar-refractivity contribution in [2.45, 2.75) is 38.2 Å². The molecule has 1 atom stereocenters. The van der Waals surface area contributed by atoms with Crippen LogP contribution in [0.2, 0.25) is 0 Å². The summed E-state index contributed by atoms with van der Waals surface area (Å²) in [5, 5.41) is 10.4. The van der Waals surface area contributed by atoms with Crippen molar-refractivity contribution in [3.63, 3.8) is 0 Å². The van der Waals surface area contributed by atoms with Gasteiger partial charge in [0.2, 0.25) is 0 Å². The van der Waals surface area contributed by atoms with Crippen molar-refractivity contribution < 1.29 is 4.74 Å². The van der Waals surface area contributed by atoms with Crippen LogP contribution in [0.1, 0.15) is 37.1 Å². The molecule has 1 aromatic carbocycles. The Morgan fingerprint density at radius 2 is 2.17 bits per heavy atom. The number of hydrogen-bond acceptors (Lipinski definition) is 2. The maximum absolute atomic E-state index is 9.16. The Balaban J connectivity index is 1.91. The van der Waals surface area contributed by atoms with Crippen LogP contribution in [0.3, 0.4) is 0 Å². The molecule has 0 saturated heterocycles. The standard InChI is InChI=1S/C20H19BrN2O/c1-20(2)15-9-18(24-3)16(21)8-12(15)7-14-13-5-4-11(10-22)6-17(13)23-19(14)20/h4-6,8,18,23H,7,9H2,1-3H3/t18-/m1/s1. The number of fused-ring (bicyclic) bond motifs is 3. The number of benzene rings is 1. The normalized spacial score (nSPS) is 22.0. The predicted molar refractivity (Wildman–Crippen MR) is 99.2 cm³/mol. The van der Waals surface area contributed by atoms with E-state index in [4.69, 9.17) is 10.00 Å². The van der Waals surface area contributed by atoms with E-state index in [2.05, 4.69) is 53.0 Å². The number of hydrogen-bond donors (Lipinski definition) is 1. The Bertz CT molecular complexity index is 956. The molecule has 3 nitrogen and oxygen atoms in total. The number of halogens is 1. The molecule has 0 amide bonds. The van der Waals surface area contributed by atoms with Crippen LogP contribution < -0.4 is 0 Å². The van der Waals surface area contributed by atoms with Crippen molar-refractivity contribution in [1.29, 1.82) is 5.26 Å². The lowest BCUT2D eigenvalue weighted by Crippen LogP contribution is -2.32. The topological polar surface area (TPSA) is 48.8 Å². The van der Waals surface area contributed by atoms with Gasteiger partial charge in [0.25, 0.3) is 0 Å². The molecule has 24 heavy (non-hydrogen) atoms. The number of methoxy groups -OCH3 is 1. The van der Waals surface area contributed by atoms with Crippen molar-refractivity contribution in [1.82, 2.24) is 4.98 Å². The molecule has 0 aliphatic heterocycles. The molecule has 2 aliphatic carbocycles. The van der Waals surface area contributed by atoms with Gasteiger partial charge < -0.3 is 9.72 Å². The minimum atomic E-state index is -0.0737. The number of aromatic nitrogens is 1. The molecule has 0 spiro atoms. The highest BCUT2D eigenvalue weighted by Gasteiger charge is 2.39. The first-order valence-electron chi connectivity index (χ1n) is 8.13. The molecule has 1 N–H and O–H groups in total. The van der Waals surface area contributed by atoms with E-state index in [0.717, 1.165) is 22.8 Å². The Labute approximate surface area is 150 Å². The van der Waals surface area contributed by atoms with Crippen LogP contribution in [0.15, 0.2) is 39.9 Å². The lowest BCUT2D eigenvalue weighted by molar-refractivity contribution is 0.134. The number of aromatic amines is 1. The van der Waals surface area contributed by atoms with Gasteiger partial charge in [-0.15, -0.1) is 0 Å². The largest absolute Gasteiger partial charge is 0.376 e. The summed E-state index contributed by atoms with van der Waals surface area (Å²) in [6.07, 6.45) is 4.17. The van der Waals surface area contributed by atoms with E-state index < -0.39 is 0 Å². The van der Waals surface area contributed by atoms with E-state index in [1.165, 1.54) is 27.8 Å². The maximum atomic E-state index is 9.16. The summed E-state index contributed by atoms with van der Waals surface area (Å²) in [5.74, 6) is 0. The molecule has 2 aliphatic rings. The molecule has 2 aromatic rings. The van der Waals surface area contributed by atoms with E-state index >= 15 is 0 Å². The summed E-state index contributed by atoms with van der Waals surface area (Å²) in [4.78, 5) is 3.60. The first-order chi connectivity index (χ1) is 11.5. The van der Waals surface area contributed by atoms with Gasteiger partial charge in [-0.3, -0.25) is 0 Å². The summed E-state index contributed by atoms with van der Waals surface area (Å²) in [5.41, 5.74) is 7.13. The zero-order chi connectivity index (χ0) is 17.1. The number of ether oxygens (including phenoxy) is 1. The monoisotopic (exact) mass is 382 g/mol. The molecule has 1 aromatic heterocycles. The van der Waals surface area contributed by atoms with E-state index in [1.54, 1.807) is 7.11 Å². The summed E-state index contributed by atoms with van der Waals surface area (Å²) >= 11 is 3.67. The summed E-state index contributed by atoms with van der Waals surface area (Å²) in [7, 11) is 1.76. The smallest absolute Gasteiger partial charge is 0.0992 e. The molecular formula is C20H19BrN2O. The van der Waals surface area contributed by atoms with Crippen molar-refractivity contribution in [3.05, 3.63) is 56.7 Å². The van der Waals surface area contributed by atoms with Crippen LogP contribution in [0.25, 0.3) is 10.9 Å².